The van der Waals surface area contributed by atoms with E-state index in [0.29, 0.717) is 17.5 Å². The molecule has 0 aliphatic heterocycles. The van der Waals surface area contributed by atoms with Crippen LogP contribution in [0.5, 0.6) is 0 Å². The van der Waals surface area contributed by atoms with Crippen LogP contribution in [-0.2, 0) is 24.2 Å². The number of nitrogens with zero attached hydrogens (tertiary/aromatic N) is 4. The third-order valence-corrected chi connectivity index (χ3v) is 7.16. The zero-order chi connectivity index (χ0) is 20.5. The number of aromatic nitrogens is 4. The Balaban J connectivity index is 1.57. The van der Waals surface area contributed by atoms with Crippen molar-refractivity contribution in [3.63, 3.8) is 0 Å². The van der Waals surface area contributed by atoms with Gasteiger partial charge in [0.15, 0.2) is 5.16 Å². The lowest BCUT2D eigenvalue weighted by Gasteiger charge is -2.13. The minimum atomic E-state index is -0.136. The highest BCUT2D eigenvalue weighted by Gasteiger charge is 2.23. The number of carbonyl (C=O) groups excluding carboxylic acids is 1. The van der Waals surface area contributed by atoms with Crippen molar-refractivity contribution < 1.29 is 4.79 Å². The van der Waals surface area contributed by atoms with Gasteiger partial charge in [-0.2, -0.15) is 5.10 Å². The molecule has 0 spiro atoms. The molecule has 0 aromatic carbocycles. The molecule has 29 heavy (non-hydrogen) atoms. The van der Waals surface area contributed by atoms with E-state index in [1.807, 2.05) is 20.8 Å². The summed E-state index contributed by atoms with van der Waals surface area (Å²) in [5.74, 6) is 0.730. The topological polar surface area (TPSA) is 81.8 Å². The Kier molecular flexibility index (Phi) is 5.78. The lowest BCUT2D eigenvalue weighted by Crippen LogP contribution is -2.24. The van der Waals surface area contributed by atoms with Gasteiger partial charge in [-0.25, -0.2) is 9.67 Å². The summed E-state index contributed by atoms with van der Waals surface area (Å²) < 4.78 is 3.51. The van der Waals surface area contributed by atoms with Gasteiger partial charge in [0.05, 0.1) is 17.3 Å². The van der Waals surface area contributed by atoms with E-state index in [9.17, 15) is 9.59 Å². The summed E-state index contributed by atoms with van der Waals surface area (Å²) in [5, 5.41) is 8.56. The van der Waals surface area contributed by atoms with Crippen LogP contribution in [0.3, 0.4) is 0 Å². The molecule has 154 valence electrons. The average molecular weight is 432 g/mol. The molecule has 0 fully saturated rings. The second-order valence-electron chi connectivity index (χ2n) is 7.48. The normalized spacial score (nSPS) is 13.4. The first-order valence-electron chi connectivity index (χ1n) is 10.0. The number of fused-ring (bicyclic) bond motifs is 3. The Bertz CT molecular complexity index is 1110. The number of thiophene rings is 1. The maximum atomic E-state index is 13.2. The van der Waals surface area contributed by atoms with Crippen LogP contribution in [-0.4, -0.2) is 31.0 Å². The summed E-state index contributed by atoms with van der Waals surface area (Å²) in [6.45, 7) is 6.68. The van der Waals surface area contributed by atoms with Crippen LogP contribution in [0, 0.1) is 0 Å². The molecule has 4 rings (SSSR count). The largest absolute Gasteiger partial charge is 0.310 e. The maximum Gasteiger partial charge on any atom is 0.263 e. The molecule has 9 heteroatoms. The Morgan fingerprint density at radius 2 is 2.21 bits per heavy atom. The standard InChI is InChI=1S/C20H25N5O2S2/c1-4-10-24-19(27)17-13-6-5-7-14(13)29-18(17)23-20(24)28-11-16(26)22-15-8-9-21-25(15)12(2)3/h8-9,12H,4-7,10-11H2,1-3H3,(H,22,26). The van der Waals surface area contributed by atoms with E-state index < -0.39 is 0 Å². The number of aryl methyl sites for hydroxylation is 2. The van der Waals surface area contributed by atoms with Crippen LogP contribution in [0.2, 0.25) is 0 Å². The highest BCUT2D eigenvalue weighted by Crippen LogP contribution is 2.35. The summed E-state index contributed by atoms with van der Waals surface area (Å²) in [5.41, 5.74) is 1.24. The van der Waals surface area contributed by atoms with Gasteiger partial charge in [-0.3, -0.25) is 14.2 Å². The second kappa shape index (κ2) is 8.31. The van der Waals surface area contributed by atoms with Crippen molar-refractivity contribution in [2.75, 3.05) is 11.1 Å². The number of amides is 1. The van der Waals surface area contributed by atoms with Crippen molar-refractivity contribution >= 4 is 45.0 Å². The monoisotopic (exact) mass is 431 g/mol. The fourth-order valence-corrected chi connectivity index (χ4v) is 5.85. The van der Waals surface area contributed by atoms with E-state index in [4.69, 9.17) is 4.98 Å². The van der Waals surface area contributed by atoms with Crippen LogP contribution in [0.15, 0.2) is 22.2 Å². The smallest absolute Gasteiger partial charge is 0.263 e. The molecule has 0 bridgehead atoms. The van der Waals surface area contributed by atoms with E-state index in [2.05, 4.69) is 10.4 Å². The van der Waals surface area contributed by atoms with Crippen molar-refractivity contribution in [1.82, 2.24) is 19.3 Å². The third-order valence-electron chi connectivity index (χ3n) is 5.00. The Hall–Kier alpha value is -2.13. The molecule has 0 atom stereocenters. The number of nitrogens with one attached hydrogen (secondary N) is 1. The fraction of sp³-hybridized carbons (Fsp3) is 0.500. The molecule has 1 N–H and O–H groups in total. The van der Waals surface area contributed by atoms with Gasteiger partial charge >= 0.3 is 0 Å². The van der Waals surface area contributed by atoms with Gasteiger partial charge in [-0.15, -0.1) is 11.3 Å². The zero-order valence-electron chi connectivity index (χ0n) is 16.9. The summed E-state index contributed by atoms with van der Waals surface area (Å²) in [7, 11) is 0. The quantitative estimate of drug-likeness (QED) is 0.454. The molecular formula is C20H25N5O2S2. The molecule has 0 radical (unpaired) electrons. The minimum absolute atomic E-state index is 0.0389. The van der Waals surface area contributed by atoms with Crippen LogP contribution in [0.1, 0.15) is 50.1 Å². The predicted octanol–water partition coefficient (Wildman–Crippen LogP) is 3.86. The number of hydrogen-bond acceptors (Lipinski definition) is 6. The fourth-order valence-electron chi connectivity index (χ4n) is 3.72. The highest BCUT2D eigenvalue weighted by atomic mass is 32.2. The van der Waals surface area contributed by atoms with Crippen molar-refractivity contribution in [2.24, 2.45) is 0 Å². The van der Waals surface area contributed by atoms with Crippen LogP contribution < -0.4 is 10.9 Å². The predicted molar refractivity (Wildman–Crippen MR) is 118 cm³/mol. The SMILES string of the molecule is CCCn1c(SCC(=O)Nc2ccnn2C(C)C)nc2sc3c(c2c1=O)CCC3. The van der Waals surface area contributed by atoms with Crippen molar-refractivity contribution in [3.05, 3.63) is 33.1 Å². The van der Waals surface area contributed by atoms with E-state index in [1.165, 1.54) is 22.2 Å². The van der Waals surface area contributed by atoms with Crippen LogP contribution >= 0.6 is 23.1 Å². The van der Waals surface area contributed by atoms with Crippen molar-refractivity contribution in [1.29, 1.82) is 0 Å². The first-order valence-corrected chi connectivity index (χ1v) is 11.8. The van der Waals surface area contributed by atoms with Gasteiger partial charge in [0.2, 0.25) is 5.91 Å². The molecule has 7 nitrogen and oxygen atoms in total. The first kappa shape index (κ1) is 20.2. The Morgan fingerprint density at radius 3 is 2.97 bits per heavy atom. The van der Waals surface area contributed by atoms with Gasteiger partial charge in [-0.05, 0) is 45.1 Å². The number of hydrogen-bond donors (Lipinski definition) is 1. The molecule has 0 saturated carbocycles. The lowest BCUT2D eigenvalue weighted by atomic mass is 10.2. The van der Waals surface area contributed by atoms with Gasteiger partial charge in [0, 0.05) is 23.5 Å². The van der Waals surface area contributed by atoms with E-state index in [1.54, 1.807) is 32.8 Å². The molecule has 1 amide bonds. The third kappa shape index (κ3) is 3.85. The Labute approximate surface area is 177 Å². The number of carbonyl (C=O) groups is 1. The van der Waals surface area contributed by atoms with Crippen molar-refractivity contribution in [3.8, 4) is 0 Å². The van der Waals surface area contributed by atoms with Gasteiger partial charge < -0.3 is 5.32 Å². The molecule has 1 aliphatic carbocycles. The molecular weight excluding hydrogens is 406 g/mol. The average Bonchev–Trinajstić information content (AvgIpc) is 3.38. The van der Waals surface area contributed by atoms with Gasteiger partial charge in [0.25, 0.3) is 5.56 Å². The minimum Gasteiger partial charge on any atom is -0.310 e. The summed E-state index contributed by atoms with van der Waals surface area (Å²) in [6.07, 6.45) is 5.64. The van der Waals surface area contributed by atoms with E-state index in [-0.39, 0.29) is 23.3 Å². The lowest BCUT2D eigenvalue weighted by molar-refractivity contribution is -0.113. The van der Waals surface area contributed by atoms with Gasteiger partial charge in [-0.1, -0.05) is 18.7 Å². The number of thioether (sulfide) groups is 1. The maximum absolute atomic E-state index is 13.2. The molecule has 3 aromatic rings. The van der Waals surface area contributed by atoms with Crippen LogP contribution in [0.25, 0.3) is 10.2 Å². The number of rotatable bonds is 7. The highest BCUT2D eigenvalue weighted by molar-refractivity contribution is 7.99. The molecule has 0 saturated heterocycles. The van der Waals surface area contributed by atoms with E-state index in [0.717, 1.165) is 35.9 Å². The Morgan fingerprint density at radius 1 is 1.38 bits per heavy atom. The molecule has 0 unspecified atom stereocenters. The zero-order valence-corrected chi connectivity index (χ0v) is 18.5. The molecule has 3 aromatic heterocycles. The van der Waals surface area contributed by atoms with Crippen LogP contribution in [0.4, 0.5) is 5.82 Å². The molecule has 3 heterocycles. The van der Waals surface area contributed by atoms with Gasteiger partial charge in [0.1, 0.15) is 10.6 Å². The number of anilines is 1. The second-order valence-corrected chi connectivity index (χ2v) is 9.51. The first-order chi connectivity index (χ1) is 14.0. The summed E-state index contributed by atoms with van der Waals surface area (Å²) >= 11 is 2.95. The molecule has 1 aliphatic rings. The van der Waals surface area contributed by atoms with E-state index >= 15 is 0 Å². The summed E-state index contributed by atoms with van der Waals surface area (Å²) in [4.78, 5) is 32.6. The van der Waals surface area contributed by atoms with Crippen molar-refractivity contribution in [2.45, 2.75) is 64.2 Å². The summed E-state index contributed by atoms with van der Waals surface area (Å²) in [6, 6.07) is 1.94.